The van der Waals surface area contributed by atoms with E-state index in [4.69, 9.17) is 19.9 Å². The van der Waals surface area contributed by atoms with Crippen molar-refractivity contribution >= 4 is 21.8 Å². The summed E-state index contributed by atoms with van der Waals surface area (Å²) in [6.07, 6.45) is -4.75. The minimum atomic E-state index is -4.75. The first-order valence-corrected chi connectivity index (χ1v) is 19.5. The molecule has 10 aromatic rings. The van der Waals surface area contributed by atoms with Crippen LogP contribution >= 0.6 is 0 Å². The van der Waals surface area contributed by atoms with Crippen molar-refractivity contribution in [2.24, 2.45) is 0 Å². The monoisotopic (exact) mass is 785 g/mol. The predicted molar refractivity (Wildman–Crippen MR) is 234 cm³/mol. The fraction of sp³-hybridized carbons (Fsp3) is 0.0385. The molecular formula is C52H34F3N5. The van der Waals surface area contributed by atoms with Crippen LogP contribution in [-0.2, 0) is 6.18 Å². The average molecular weight is 786 g/mol. The van der Waals surface area contributed by atoms with Crippen LogP contribution in [0, 0.1) is 6.92 Å². The predicted octanol–water partition coefficient (Wildman–Crippen LogP) is 13.7. The number of nitrogens with zero attached hydrogens (tertiary/aromatic N) is 5. The molecule has 0 aliphatic rings. The summed E-state index contributed by atoms with van der Waals surface area (Å²) >= 11 is 0. The molecule has 60 heavy (non-hydrogen) atoms. The molecule has 3 aromatic heterocycles. The lowest BCUT2D eigenvalue weighted by Crippen LogP contribution is -2.11. The molecule has 7 aromatic carbocycles. The fourth-order valence-corrected chi connectivity index (χ4v) is 7.86. The molecule has 0 radical (unpaired) electrons. The molecule has 0 amide bonds. The van der Waals surface area contributed by atoms with E-state index in [0.717, 1.165) is 49.6 Å². The number of para-hydroxylation sites is 1. The van der Waals surface area contributed by atoms with Gasteiger partial charge in [0.1, 0.15) is 0 Å². The van der Waals surface area contributed by atoms with Crippen molar-refractivity contribution < 1.29 is 13.2 Å². The molecule has 8 heteroatoms. The molecule has 10 rings (SSSR count). The minimum Gasteiger partial charge on any atom is -0.308 e. The molecule has 0 unspecified atom stereocenters. The quantitative estimate of drug-likeness (QED) is 0.161. The van der Waals surface area contributed by atoms with E-state index in [0.29, 0.717) is 28.5 Å². The molecule has 0 spiro atoms. The van der Waals surface area contributed by atoms with Gasteiger partial charge in [-0.25, -0.2) is 19.9 Å². The van der Waals surface area contributed by atoms with Crippen LogP contribution in [-0.4, -0.2) is 24.5 Å². The van der Waals surface area contributed by atoms with Crippen LogP contribution in [0.4, 0.5) is 13.2 Å². The second kappa shape index (κ2) is 14.9. The Labute approximate surface area is 344 Å². The molecule has 0 N–H and O–H groups in total. The number of rotatable bonds is 7. The highest BCUT2D eigenvalue weighted by molar-refractivity contribution is 6.10. The highest BCUT2D eigenvalue weighted by Gasteiger charge is 2.35. The number of halogens is 3. The lowest BCUT2D eigenvalue weighted by molar-refractivity contribution is -0.137. The summed E-state index contributed by atoms with van der Waals surface area (Å²) in [5.74, 6) is 0.247. The summed E-state index contributed by atoms with van der Waals surface area (Å²) in [5.41, 5.74) is 7.94. The highest BCUT2D eigenvalue weighted by atomic mass is 19.4. The summed E-state index contributed by atoms with van der Waals surface area (Å²) in [7, 11) is 0. The molecule has 0 saturated heterocycles. The average Bonchev–Trinajstić information content (AvgIpc) is 3.62. The van der Waals surface area contributed by atoms with E-state index in [-0.39, 0.29) is 22.8 Å². The Hall–Kier alpha value is -7.71. The molecule has 0 bridgehead atoms. The van der Waals surface area contributed by atoms with E-state index < -0.39 is 11.7 Å². The lowest BCUT2D eigenvalue weighted by atomic mass is 9.98. The third kappa shape index (κ3) is 6.78. The van der Waals surface area contributed by atoms with Crippen LogP contribution in [0.3, 0.4) is 0 Å². The largest absolute Gasteiger partial charge is 0.416 e. The van der Waals surface area contributed by atoms with Crippen molar-refractivity contribution in [3.63, 3.8) is 0 Å². The zero-order chi connectivity index (χ0) is 40.8. The van der Waals surface area contributed by atoms with Gasteiger partial charge < -0.3 is 4.57 Å². The standard InChI is InChI=1S/C52H34F3N5/c1-33-26-27-40-39-24-14-15-25-47(39)60(48(40)28-33)49-41(50-56-43(34-16-6-2-7-17-34)31-44(57-50)35-18-8-3-9-19-35)29-38(52(53,54)55)30-42(49)51-58-45(36-20-10-4-11-21-36)32-46(59-51)37-22-12-5-13-23-37/h2-32H,1H3. The second-order valence-electron chi connectivity index (χ2n) is 14.7. The molecule has 5 nitrogen and oxygen atoms in total. The van der Waals surface area contributed by atoms with E-state index in [9.17, 15) is 0 Å². The summed E-state index contributed by atoms with van der Waals surface area (Å²) in [4.78, 5) is 20.4. The Balaban J connectivity index is 1.39. The first kappa shape index (κ1) is 36.6. The zero-order valence-corrected chi connectivity index (χ0v) is 32.3. The Morgan fingerprint density at radius 3 is 1.20 bits per heavy atom. The normalized spacial score (nSPS) is 11.7. The van der Waals surface area contributed by atoms with Gasteiger partial charge in [0, 0.05) is 44.2 Å². The maximum atomic E-state index is 15.5. The van der Waals surface area contributed by atoms with Gasteiger partial charge in [-0.1, -0.05) is 152 Å². The van der Waals surface area contributed by atoms with Gasteiger partial charge in [-0.05, 0) is 48.9 Å². The number of aromatic nitrogens is 5. The molecule has 0 atom stereocenters. The van der Waals surface area contributed by atoms with Crippen molar-refractivity contribution in [1.82, 2.24) is 24.5 Å². The molecule has 3 heterocycles. The summed E-state index contributed by atoms with van der Waals surface area (Å²) in [6, 6.07) is 58.6. The Bertz CT molecular complexity index is 2920. The lowest BCUT2D eigenvalue weighted by Gasteiger charge is -2.21. The van der Waals surface area contributed by atoms with Crippen molar-refractivity contribution in [2.45, 2.75) is 13.1 Å². The van der Waals surface area contributed by atoms with Gasteiger partial charge >= 0.3 is 6.18 Å². The Morgan fingerprint density at radius 1 is 0.400 bits per heavy atom. The van der Waals surface area contributed by atoms with Gasteiger partial charge in [-0.3, -0.25) is 0 Å². The summed E-state index contributed by atoms with van der Waals surface area (Å²) < 4.78 is 48.5. The van der Waals surface area contributed by atoms with Crippen molar-refractivity contribution in [3.8, 4) is 73.5 Å². The van der Waals surface area contributed by atoms with Crippen LogP contribution in [0.25, 0.3) is 95.3 Å². The summed E-state index contributed by atoms with van der Waals surface area (Å²) in [6.45, 7) is 2.01. The van der Waals surface area contributed by atoms with Crippen LogP contribution < -0.4 is 0 Å². The van der Waals surface area contributed by atoms with E-state index in [1.54, 1.807) is 0 Å². The first-order chi connectivity index (χ1) is 29.3. The third-order valence-corrected chi connectivity index (χ3v) is 10.7. The van der Waals surface area contributed by atoms with Gasteiger partial charge in [0.05, 0.1) is 45.1 Å². The van der Waals surface area contributed by atoms with E-state index in [2.05, 4.69) is 12.1 Å². The van der Waals surface area contributed by atoms with Gasteiger partial charge in [0.2, 0.25) is 0 Å². The first-order valence-electron chi connectivity index (χ1n) is 19.5. The van der Waals surface area contributed by atoms with Gasteiger partial charge in [0.25, 0.3) is 0 Å². The number of hydrogen-bond donors (Lipinski definition) is 0. The minimum absolute atomic E-state index is 0.124. The number of fused-ring (bicyclic) bond motifs is 3. The molecule has 0 aliphatic carbocycles. The maximum absolute atomic E-state index is 15.5. The van der Waals surface area contributed by atoms with Gasteiger partial charge in [-0.2, -0.15) is 13.2 Å². The van der Waals surface area contributed by atoms with Crippen LogP contribution in [0.15, 0.2) is 188 Å². The topological polar surface area (TPSA) is 56.5 Å². The number of benzene rings is 7. The van der Waals surface area contributed by atoms with E-state index >= 15 is 13.2 Å². The molecular weight excluding hydrogens is 752 g/mol. The summed E-state index contributed by atoms with van der Waals surface area (Å²) in [5, 5.41) is 1.89. The number of aryl methyl sites for hydroxylation is 1. The molecule has 288 valence electrons. The van der Waals surface area contributed by atoms with Gasteiger partial charge in [-0.15, -0.1) is 0 Å². The van der Waals surface area contributed by atoms with E-state index in [1.807, 2.05) is 175 Å². The fourth-order valence-electron chi connectivity index (χ4n) is 7.86. The molecule has 0 aliphatic heterocycles. The molecule has 0 fully saturated rings. The highest BCUT2D eigenvalue weighted by Crippen LogP contribution is 2.45. The third-order valence-electron chi connectivity index (χ3n) is 10.7. The van der Waals surface area contributed by atoms with Gasteiger partial charge in [0.15, 0.2) is 11.6 Å². The maximum Gasteiger partial charge on any atom is 0.416 e. The second-order valence-corrected chi connectivity index (χ2v) is 14.7. The van der Waals surface area contributed by atoms with Crippen LogP contribution in [0.1, 0.15) is 11.1 Å². The Morgan fingerprint density at radius 2 is 0.783 bits per heavy atom. The van der Waals surface area contributed by atoms with Crippen LogP contribution in [0.5, 0.6) is 0 Å². The number of hydrogen-bond acceptors (Lipinski definition) is 4. The van der Waals surface area contributed by atoms with Crippen molar-refractivity contribution in [2.75, 3.05) is 0 Å². The SMILES string of the molecule is Cc1ccc2c3ccccc3n(-c3c(-c4nc(-c5ccccc5)cc(-c5ccccc5)n4)cc(C(F)(F)F)cc3-c3nc(-c4ccccc4)cc(-c4ccccc4)n3)c2c1. The Kier molecular flexibility index (Phi) is 9.10. The van der Waals surface area contributed by atoms with Crippen molar-refractivity contribution in [1.29, 1.82) is 0 Å². The van der Waals surface area contributed by atoms with E-state index in [1.165, 1.54) is 12.1 Å². The number of alkyl halides is 3. The van der Waals surface area contributed by atoms with Crippen molar-refractivity contribution in [3.05, 3.63) is 199 Å². The smallest absolute Gasteiger partial charge is 0.308 e. The van der Waals surface area contributed by atoms with Crippen LogP contribution in [0.2, 0.25) is 0 Å². The molecule has 0 saturated carbocycles. The zero-order valence-electron chi connectivity index (χ0n) is 32.3.